The predicted octanol–water partition coefficient (Wildman–Crippen LogP) is 3.06. The Balaban J connectivity index is 1.76. The molecule has 0 aliphatic rings. The highest BCUT2D eigenvalue weighted by Crippen LogP contribution is 2.19. The van der Waals surface area contributed by atoms with Crippen LogP contribution in [0, 0.1) is 0 Å². The Morgan fingerprint density at radius 2 is 2.05 bits per heavy atom. The number of imidazole rings is 1. The van der Waals surface area contributed by atoms with Crippen LogP contribution in [-0.4, -0.2) is 22.2 Å². The van der Waals surface area contributed by atoms with Crippen LogP contribution in [0.4, 0.5) is 0 Å². The van der Waals surface area contributed by atoms with Crippen molar-refractivity contribution in [1.82, 2.24) is 9.97 Å². The Hall–Kier alpha value is -2.49. The summed E-state index contributed by atoms with van der Waals surface area (Å²) in [6, 6.07) is 13.2. The molecule has 0 atom stereocenters. The maximum Gasteiger partial charge on any atom is 0.119 e. The van der Waals surface area contributed by atoms with Crippen molar-refractivity contribution >= 4 is 11.0 Å². The first-order valence-electron chi connectivity index (χ1n) is 6.55. The van der Waals surface area contributed by atoms with Crippen molar-refractivity contribution in [1.29, 1.82) is 0 Å². The Labute approximate surface area is 117 Å². The van der Waals surface area contributed by atoms with Gasteiger partial charge in [-0.1, -0.05) is 12.1 Å². The zero-order chi connectivity index (χ0) is 13.9. The van der Waals surface area contributed by atoms with Crippen molar-refractivity contribution in [3.05, 3.63) is 53.9 Å². The van der Waals surface area contributed by atoms with Crippen LogP contribution in [-0.2, 0) is 12.8 Å². The van der Waals surface area contributed by atoms with Crippen molar-refractivity contribution < 1.29 is 9.84 Å². The van der Waals surface area contributed by atoms with E-state index in [1.54, 1.807) is 19.2 Å². The molecule has 0 aliphatic carbocycles. The molecule has 0 radical (unpaired) electrons. The van der Waals surface area contributed by atoms with Gasteiger partial charge in [0.25, 0.3) is 0 Å². The quantitative estimate of drug-likeness (QED) is 0.764. The number of hydrogen-bond acceptors (Lipinski definition) is 3. The summed E-state index contributed by atoms with van der Waals surface area (Å²) in [5.41, 5.74) is 2.96. The number of aromatic amines is 1. The minimum atomic E-state index is 0.250. The normalized spacial score (nSPS) is 10.8. The highest BCUT2D eigenvalue weighted by atomic mass is 16.5. The summed E-state index contributed by atoms with van der Waals surface area (Å²) in [7, 11) is 1.67. The first-order valence-corrected chi connectivity index (χ1v) is 6.55. The van der Waals surface area contributed by atoms with Gasteiger partial charge in [0.05, 0.1) is 18.1 Å². The topological polar surface area (TPSA) is 58.1 Å². The Morgan fingerprint density at radius 1 is 1.15 bits per heavy atom. The molecule has 0 aliphatic heterocycles. The fraction of sp³-hybridized carbons (Fsp3) is 0.188. The van der Waals surface area contributed by atoms with E-state index >= 15 is 0 Å². The number of rotatable bonds is 4. The van der Waals surface area contributed by atoms with Crippen molar-refractivity contribution in [2.75, 3.05) is 7.11 Å². The molecule has 4 heteroatoms. The van der Waals surface area contributed by atoms with Gasteiger partial charge >= 0.3 is 0 Å². The smallest absolute Gasteiger partial charge is 0.119 e. The van der Waals surface area contributed by atoms with E-state index in [-0.39, 0.29) is 5.75 Å². The molecule has 3 rings (SSSR count). The zero-order valence-corrected chi connectivity index (χ0v) is 11.3. The lowest BCUT2D eigenvalue weighted by Crippen LogP contribution is -1.94. The minimum Gasteiger partial charge on any atom is -0.508 e. The summed E-state index contributed by atoms with van der Waals surface area (Å²) < 4.78 is 5.22. The molecule has 1 heterocycles. The standard InChI is InChI=1S/C16H16N2O2/c1-20-13-4-2-3-11(9-13)5-8-16-17-14-7-6-12(19)10-15(14)18-16/h2-4,6-7,9-10,19H,5,8H2,1H3,(H,17,18). The number of fused-ring (bicyclic) bond motifs is 1. The van der Waals surface area contributed by atoms with Gasteiger partial charge in [0.1, 0.15) is 17.3 Å². The van der Waals surface area contributed by atoms with E-state index in [0.717, 1.165) is 35.4 Å². The maximum atomic E-state index is 9.44. The molecule has 0 amide bonds. The van der Waals surface area contributed by atoms with Gasteiger partial charge < -0.3 is 14.8 Å². The number of nitrogens with zero attached hydrogens (tertiary/aromatic N) is 1. The maximum absolute atomic E-state index is 9.44. The van der Waals surface area contributed by atoms with Crippen LogP contribution in [0.2, 0.25) is 0 Å². The van der Waals surface area contributed by atoms with Crippen LogP contribution in [0.15, 0.2) is 42.5 Å². The van der Waals surface area contributed by atoms with Gasteiger partial charge in [0.15, 0.2) is 0 Å². The Morgan fingerprint density at radius 3 is 2.90 bits per heavy atom. The van der Waals surface area contributed by atoms with Crippen LogP contribution in [0.25, 0.3) is 11.0 Å². The van der Waals surface area contributed by atoms with Crippen molar-refractivity contribution in [3.8, 4) is 11.5 Å². The van der Waals surface area contributed by atoms with Crippen molar-refractivity contribution in [2.24, 2.45) is 0 Å². The van der Waals surface area contributed by atoms with Crippen LogP contribution < -0.4 is 4.74 Å². The van der Waals surface area contributed by atoms with Crippen LogP contribution in [0.3, 0.4) is 0 Å². The molecule has 0 unspecified atom stereocenters. The van der Waals surface area contributed by atoms with Gasteiger partial charge in [0, 0.05) is 12.5 Å². The van der Waals surface area contributed by atoms with Gasteiger partial charge in [-0.25, -0.2) is 4.98 Å². The number of phenols is 1. The molecule has 102 valence electrons. The first kappa shape index (κ1) is 12.5. The molecule has 0 spiro atoms. The molecule has 1 aromatic heterocycles. The average Bonchev–Trinajstić information content (AvgIpc) is 2.87. The summed E-state index contributed by atoms with van der Waals surface area (Å²) in [4.78, 5) is 7.75. The molecule has 2 aromatic carbocycles. The SMILES string of the molecule is COc1cccc(CCc2nc3ccc(O)cc3[nH]2)c1. The molecule has 0 bridgehead atoms. The van der Waals surface area contributed by atoms with Gasteiger partial charge in [-0.2, -0.15) is 0 Å². The highest BCUT2D eigenvalue weighted by Gasteiger charge is 2.04. The number of aromatic hydroxyl groups is 1. The van der Waals surface area contributed by atoms with Gasteiger partial charge in [-0.3, -0.25) is 0 Å². The lowest BCUT2D eigenvalue weighted by molar-refractivity contribution is 0.414. The van der Waals surface area contributed by atoms with E-state index in [2.05, 4.69) is 16.0 Å². The van der Waals surface area contributed by atoms with Crippen LogP contribution in [0.5, 0.6) is 11.5 Å². The number of phenolic OH excluding ortho intramolecular Hbond substituents is 1. The lowest BCUT2D eigenvalue weighted by atomic mass is 10.1. The monoisotopic (exact) mass is 268 g/mol. The third-order valence-corrected chi connectivity index (χ3v) is 3.30. The third-order valence-electron chi connectivity index (χ3n) is 3.30. The van der Waals surface area contributed by atoms with Crippen LogP contribution in [0.1, 0.15) is 11.4 Å². The molecule has 0 fully saturated rings. The van der Waals surface area contributed by atoms with E-state index in [9.17, 15) is 5.11 Å². The second kappa shape index (κ2) is 5.25. The number of nitrogens with one attached hydrogen (secondary N) is 1. The summed E-state index contributed by atoms with van der Waals surface area (Å²) in [5.74, 6) is 2.05. The molecular formula is C16H16N2O2. The van der Waals surface area contributed by atoms with Gasteiger partial charge in [0.2, 0.25) is 0 Å². The largest absolute Gasteiger partial charge is 0.508 e. The molecular weight excluding hydrogens is 252 g/mol. The number of benzene rings is 2. The minimum absolute atomic E-state index is 0.250. The van der Waals surface area contributed by atoms with E-state index in [1.807, 2.05) is 24.3 Å². The van der Waals surface area contributed by atoms with Crippen LogP contribution >= 0.6 is 0 Å². The lowest BCUT2D eigenvalue weighted by Gasteiger charge is -2.03. The van der Waals surface area contributed by atoms with E-state index in [4.69, 9.17) is 4.74 Å². The highest BCUT2D eigenvalue weighted by molar-refractivity contribution is 5.76. The van der Waals surface area contributed by atoms with Crippen molar-refractivity contribution in [2.45, 2.75) is 12.8 Å². The Bertz CT molecular complexity index is 734. The fourth-order valence-electron chi connectivity index (χ4n) is 2.26. The number of ether oxygens (including phenoxy) is 1. The van der Waals surface area contributed by atoms with E-state index < -0.39 is 0 Å². The molecule has 20 heavy (non-hydrogen) atoms. The zero-order valence-electron chi connectivity index (χ0n) is 11.3. The summed E-state index contributed by atoms with van der Waals surface area (Å²) >= 11 is 0. The summed E-state index contributed by atoms with van der Waals surface area (Å²) in [5, 5.41) is 9.44. The summed E-state index contributed by atoms with van der Waals surface area (Å²) in [6.07, 6.45) is 1.71. The number of H-pyrrole nitrogens is 1. The van der Waals surface area contributed by atoms with Gasteiger partial charge in [-0.05, 0) is 36.2 Å². The molecule has 3 aromatic rings. The number of aryl methyl sites for hydroxylation is 2. The average molecular weight is 268 g/mol. The first-order chi connectivity index (χ1) is 9.74. The molecule has 4 nitrogen and oxygen atoms in total. The predicted molar refractivity (Wildman–Crippen MR) is 78.2 cm³/mol. The van der Waals surface area contributed by atoms with E-state index in [0.29, 0.717) is 0 Å². The third kappa shape index (κ3) is 2.59. The second-order valence-electron chi connectivity index (χ2n) is 4.74. The number of hydrogen-bond donors (Lipinski definition) is 2. The fourth-order valence-corrected chi connectivity index (χ4v) is 2.26. The molecule has 0 saturated carbocycles. The van der Waals surface area contributed by atoms with Gasteiger partial charge in [-0.15, -0.1) is 0 Å². The number of aromatic nitrogens is 2. The summed E-state index contributed by atoms with van der Waals surface area (Å²) in [6.45, 7) is 0. The Kier molecular flexibility index (Phi) is 3.29. The van der Waals surface area contributed by atoms with Crippen molar-refractivity contribution in [3.63, 3.8) is 0 Å². The number of methoxy groups -OCH3 is 1. The van der Waals surface area contributed by atoms with E-state index in [1.165, 1.54) is 5.56 Å². The molecule has 0 saturated heterocycles. The molecule has 2 N–H and O–H groups in total. The second-order valence-corrected chi connectivity index (χ2v) is 4.74.